The van der Waals surface area contributed by atoms with Crippen molar-refractivity contribution >= 4 is 16.7 Å². The first-order valence-corrected chi connectivity index (χ1v) is 11.0. The van der Waals surface area contributed by atoms with Gasteiger partial charge in [0.05, 0.1) is 5.56 Å². The van der Waals surface area contributed by atoms with Gasteiger partial charge in [-0.15, -0.1) is 0 Å². The van der Waals surface area contributed by atoms with E-state index in [1.807, 2.05) is 0 Å². The summed E-state index contributed by atoms with van der Waals surface area (Å²) in [6, 6.07) is 11.5. The highest BCUT2D eigenvalue weighted by molar-refractivity contribution is 5.92. The number of halogens is 3. The van der Waals surface area contributed by atoms with Gasteiger partial charge in [-0.05, 0) is 92.4 Å². The maximum absolute atomic E-state index is 13.8. The third-order valence-electron chi connectivity index (χ3n) is 5.93. The molecule has 1 aliphatic carbocycles. The molecule has 33 heavy (non-hydrogen) atoms. The van der Waals surface area contributed by atoms with Crippen molar-refractivity contribution in [2.45, 2.75) is 32.6 Å². The summed E-state index contributed by atoms with van der Waals surface area (Å²) in [4.78, 5) is 12.5. The van der Waals surface area contributed by atoms with Crippen LogP contribution in [0.3, 0.4) is 0 Å². The third kappa shape index (κ3) is 5.28. The Labute approximate surface area is 191 Å². The predicted molar refractivity (Wildman–Crippen MR) is 122 cm³/mol. The van der Waals surface area contributed by atoms with Gasteiger partial charge in [0, 0.05) is 16.9 Å². The largest absolute Gasteiger partial charge is 0.423 e. The van der Waals surface area contributed by atoms with E-state index in [1.165, 1.54) is 18.2 Å². The van der Waals surface area contributed by atoms with Crippen LogP contribution in [0.1, 0.15) is 48.5 Å². The molecule has 1 fully saturated rings. The van der Waals surface area contributed by atoms with Crippen molar-refractivity contribution in [1.29, 1.82) is 0 Å². The van der Waals surface area contributed by atoms with Gasteiger partial charge >= 0.3 is 5.97 Å². The molecule has 1 aliphatic rings. The minimum atomic E-state index is -1.53. The van der Waals surface area contributed by atoms with E-state index in [-0.39, 0.29) is 16.5 Å². The van der Waals surface area contributed by atoms with Crippen LogP contribution in [0.4, 0.5) is 13.2 Å². The second kappa shape index (κ2) is 9.95. The first-order valence-electron chi connectivity index (χ1n) is 11.0. The smallest absolute Gasteiger partial charge is 0.343 e. The number of esters is 1. The summed E-state index contributed by atoms with van der Waals surface area (Å²) in [6.07, 6.45) is 8.91. The molecular formula is C28H23F3O2. The molecule has 0 aromatic heterocycles. The lowest BCUT2D eigenvalue weighted by Gasteiger charge is -2.22. The van der Waals surface area contributed by atoms with Gasteiger partial charge in [-0.3, -0.25) is 0 Å². The van der Waals surface area contributed by atoms with Crippen LogP contribution in [-0.4, -0.2) is 5.97 Å². The lowest BCUT2D eigenvalue weighted by atomic mass is 9.82. The molecule has 0 saturated heterocycles. The number of benzene rings is 3. The molecule has 0 radical (unpaired) electrons. The number of hydrogen-bond donors (Lipinski definition) is 0. The number of allylic oxidation sites excluding steroid dienone is 2. The SMILES string of the molecule is C/C=C/C1CCC(C#Cc2ccc(C(=O)Oc3ccc4c(F)c(F)c(F)cc4c3)cc2)CC1. The molecular weight excluding hydrogens is 425 g/mol. The third-order valence-corrected chi connectivity index (χ3v) is 5.93. The fourth-order valence-corrected chi connectivity index (χ4v) is 4.12. The normalized spacial score (nSPS) is 18.2. The van der Waals surface area contributed by atoms with E-state index in [9.17, 15) is 18.0 Å². The summed E-state index contributed by atoms with van der Waals surface area (Å²) in [7, 11) is 0. The zero-order chi connectivity index (χ0) is 23.4. The van der Waals surface area contributed by atoms with Crippen LogP contribution in [0.15, 0.2) is 60.7 Å². The number of carbonyl (C=O) groups excluding carboxylic acids is 1. The van der Waals surface area contributed by atoms with Crippen LogP contribution in [-0.2, 0) is 0 Å². The molecule has 0 amide bonds. The van der Waals surface area contributed by atoms with Gasteiger partial charge in [-0.2, -0.15) is 0 Å². The van der Waals surface area contributed by atoms with Crippen LogP contribution in [0.2, 0.25) is 0 Å². The molecule has 3 aromatic rings. The highest BCUT2D eigenvalue weighted by Crippen LogP contribution is 2.29. The van der Waals surface area contributed by atoms with Gasteiger partial charge < -0.3 is 4.74 Å². The number of fused-ring (bicyclic) bond motifs is 1. The number of rotatable bonds is 3. The first-order chi connectivity index (χ1) is 15.9. The summed E-state index contributed by atoms with van der Waals surface area (Å²) >= 11 is 0. The molecule has 0 atom stereocenters. The standard InChI is InChI=1S/C28H23F3O2/c1-2-3-18-4-6-19(7-5-18)8-9-20-10-12-21(13-11-20)28(32)33-23-14-15-24-22(16-23)17-25(29)27(31)26(24)30/h2-3,10-19H,4-7H2,1H3/b3-2+. The molecule has 5 heteroatoms. The average molecular weight is 448 g/mol. The Morgan fingerprint density at radius 1 is 0.970 bits per heavy atom. The van der Waals surface area contributed by atoms with Crippen LogP contribution in [0, 0.1) is 41.1 Å². The van der Waals surface area contributed by atoms with Gasteiger partial charge in [-0.1, -0.05) is 24.0 Å². The average Bonchev–Trinajstić information content (AvgIpc) is 2.82. The van der Waals surface area contributed by atoms with Gasteiger partial charge in [0.1, 0.15) is 5.75 Å². The number of carbonyl (C=O) groups is 1. The summed E-state index contributed by atoms with van der Waals surface area (Å²) in [6.45, 7) is 2.05. The van der Waals surface area contributed by atoms with E-state index in [4.69, 9.17) is 4.74 Å². The van der Waals surface area contributed by atoms with Crippen LogP contribution in [0.25, 0.3) is 10.8 Å². The van der Waals surface area contributed by atoms with Crippen molar-refractivity contribution in [3.8, 4) is 17.6 Å². The van der Waals surface area contributed by atoms with Crippen molar-refractivity contribution in [3.63, 3.8) is 0 Å². The van der Waals surface area contributed by atoms with Crippen molar-refractivity contribution in [2.75, 3.05) is 0 Å². The van der Waals surface area contributed by atoms with Crippen molar-refractivity contribution in [2.24, 2.45) is 11.8 Å². The summed E-state index contributed by atoms with van der Waals surface area (Å²) in [5.74, 6) is 2.99. The zero-order valence-electron chi connectivity index (χ0n) is 18.2. The van der Waals surface area contributed by atoms with Gasteiger partial charge in [0.2, 0.25) is 0 Å². The highest BCUT2D eigenvalue weighted by atomic mass is 19.2. The zero-order valence-corrected chi connectivity index (χ0v) is 18.2. The Bertz CT molecular complexity index is 1260. The summed E-state index contributed by atoms with van der Waals surface area (Å²) in [5, 5.41) is 0.00835. The fraction of sp³-hybridized carbons (Fsp3) is 0.250. The summed E-state index contributed by atoms with van der Waals surface area (Å²) < 4.78 is 46.1. The number of hydrogen-bond acceptors (Lipinski definition) is 2. The Hall–Kier alpha value is -3.52. The molecule has 1 saturated carbocycles. The topological polar surface area (TPSA) is 26.3 Å². The van der Waals surface area contributed by atoms with E-state index in [2.05, 4.69) is 30.9 Å². The van der Waals surface area contributed by atoms with Crippen LogP contribution >= 0.6 is 0 Å². The minimum absolute atomic E-state index is 0.0908. The Kier molecular flexibility index (Phi) is 6.84. The molecule has 0 unspecified atom stereocenters. The molecule has 0 N–H and O–H groups in total. The van der Waals surface area contributed by atoms with Gasteiger partial charge in [0.15, 0.2) is 17.5 Å². The Morgan fingerprint density at radius 3 is 2.39 bits per heavy atom. The molecule has 4 rings (SSSR count). The second-order valence-corrected chi connectivity index (χ2v) is 8.24. The Balaban J connectivity index is 1.40. The molecule has 168 valence electrons. The maximum Gasteiger partial charge on any atom is 0.343 e. The van der Waals surface area contributed by atoms with E-state index >= 15 is 0 Å². The lowest BCUT2D eigenvalue weighted by molar-refractivity contribution is 0.0735. The molecule has 0 aliphatic heterocycles. The monoisotopic (exact) mass is 448 g/mol. The fourth-order valence-electron chi connectivity index (χ4n) is 4.12. The predicted octanol–water partition coefficient (Wildman–Crippen LogP) is 7.21. The van der Waals surface area contributed by atoms with E-state index in [0.29, 0.717) is 17.4 Å². The van der Waals surface area contributed by atoms with Crippen molar-refractivity contribution in [1.82, 2.24) is 0 Å². The van der Waals surface area contributed by atoms with E-state index in [0.717, 1.165) is 37.3 Å². The maximum atomic E-state index is 13.8. The van der Waals surface area contributed by atoms with Crippen molar-refractivity contribution in [3.05, 3.63) is 89.3 Å². The first kappa shape index (κ1) is 22.7. The molecule has 3 aromatic carbocycles. The molecule has 0 heterocycles. The van der Waals surface area contributed by atoms with Crippen molar-refractivity contribution < 1.29 is 22.7 Å². The second-order valence-electron chi connectivity index (χ2n) is 8.24. The van der Waals surface area contributed by atoms with Crippen LogP contribution in [0.5, 0.6) is 5.75 Å². The molecule has 0 bridgehead atoms. The summed E-state index contributed by atoms with van der Waals surface area (Å²) in [5.41, 5.74) is 1.14. The van der Waals surface area contributed by atoms with Gasteiger partial charge in [-0.25, -0.2) is 18.0 Å². The number of ether oxygens (including phenoxy) is 1. The molecule has 2 nitrogen and oxygen atoms in total. The van der Waals surface area contributed by atoms with E-state index < -0.39 is 23.4 Å². The minimum Gasteiger partial charge on any atom is -0.423 e. The van der Waals surface area contributed by atoms with E-state index in [1.54, 1.807) is 24.3 Å². The highest BCUT2D eigenvalue weighted by Gasteiger charge is 2.18. The Morgan fingerprint density at radius 2 is 1.70 bits per heavy atom. The van der Waals surface area contributed by atoms with Gasteiger partial charge in [0.25, 0.3) is 0 Å². The lowest BCUT2D eigenvalue weighted by Crippen LogP contribution is -2.11. The van der Waals surface area contributed by atoms with Crippen LogP contribution < -0.4 is 4.74 Å². The molecule has 0 spiro atoms. The quantitative estimate of drug-likeness (QED) is 0.139.